The first kappa shape index (κ1) is 14.2. The smallest absolute Gasteiger partial charge is 0.0681 e. The number of hydrogen-bond acceptors (Lipinski definition) is 3. The molecule has 3 nitrogen and oxygen atoms in total. The van der Waals surface area contributed by atoms with Gasteiger partial charge in [0.1, 0.15) is 0 Å². The van der Waals surface area contributed by atoms with Crippen molar-refractivity contribution in [2.45, 2.75) is 26.0 Å². The van der Waals surface area contributed by atoms with Crippen LogP contribution in [0.1, 0.15) is 23.1 Å². The van der Waals surface area contributed by atoms with Crippen LogP contribution in [-0.4, -0.2) is 28.1 Å². The summed E-state index contributed by atoms with van der Waals surface area (Å²) < 4.78 is 0. The van der Waals surface area contributed by atoms with Crippen LogP contribution in [0.5, 0.6) is 0 Å². The van der Waals surface area contributed by atoms with E-state index in [0.717, 1.165) is 31.0 Å². The number of rotatable bonds is 5. The normalized spacial score (nSPS) is 19.0. The van der Waals surface area contributed by atoms with Crippen molar-refractivity contribution in [1.82, 2.24) is 9.88 Å². The molecule has 3 heteroatoms. The molecule has 1 aliphatic rings. The Kier molecular flexibility index (Phi) is 4.63. The molecule has 1 atom stereocenters. The lowest BCUT2D eigenvalue weighted by molar-refractivity contribution is 0.281. The Morgan fingerprint density at radius 1 is 1.14 bits per heavy atom. The van der Waals surface area contributed by atoms with Crippen LogP contribution < -0.4 is 0 Å². The van der Waals surface area contributed by atoms with Crippen LogP contribution in [0, 0.1) is 5.92 Å². The van der Waals surface area contributed by atoms with Gasteiger partial charge in [0.25, 0.3) is 0 Å². The van der Waals surface area contributed by atoms with Crippen LogP contribution in [0.15, 0.2) is 48.8 Å². The summed E-state index contributed by atoms with van der Waals surface area (Å²) in [6.45, 7) is 3.45. The molecule has 1 fully saturated rings. The lowest BCUT2D eigenvalue weighted by atomic mass is 9.97. The molecule has 110 valence electrons. The average Bonchev–Trinajstić information content (AvgIpc) is 2.95. The van der Waals surface area contributed by atoms with E-state index in [1.165, 1.54) is 24.1 Å². The van der Waals surface area contributed by atoms with Crippen LogP contribution in [0.3, 0.4) is 0 Å². The second-order valence-electron chi connectivity index (χ2n) is 5.93. The van der Waals surface area contributed by atoms with E-state index in [1.54, 1.807) is 0 Å². The number of pyridine rings is 1. The van der Waals surface area contributed by atoms with Gasteiger partial charge in [-0.05, 0) is 48.1 Å². The molecule has 1 aromatic heterocycles. The third-order valence-corrected chi connectivity index (χ3v) is 4.20. The number of aromatic nitrogens is 1. The topological polar surface area (TPSA) is 36.4 Å². The Hall–Kier alpha value is -1.71. The number of aliphatic hydroxyl groups excluding tert-OH is 1. The van der Waals surface area contributed by atoms with Crippen LogP contribution in [0.2, 0.25) is 0 Å². The molecule has 3 rings (SSSR count). The fourth-order valence-corrected chi connectivity index (χ4v) is 3.16. The maximum atomic E-state index is 9.21. The summed E-state index contributed by atoms with van der Waals surface area (Å²) in [5.74, 6) is 0.718. The van der Waals surface area contributed by atoms with Crippen LogP contribution in [-0.2, 0) is 19.6 Å². The number of benzene rings is 1. The Balaban J connectivity index is 1.54. The largest absolute Gasteiger partial charge is 0.392 e. The Bertz CT molecular complexity index is 570. The summed E-state index contributed by atoms with van der Waals surface area (Å²) in [4.78, 5) is 6.69. The predicted octanol–water partition coefficient (Wildman–Crippen LogP) is 2.64. The zero-order valence-corrected chi connectivity index (χ0v) is 12.3. The average molecular weight is 282 g/mol. The zero-order chi connectivity index (χ0) is 14.5. The number of likely N-dealkylation sites (tertiary alicyclic amines) is 1. The highest BCUT2D eigenvalue weighted by Crippen LogP contribution is 2.22. The minimum Gasteiger partial charge on any atom is -0.392 e. The second-order valence-corrected chi connectivity index (χ2v) is 5.93. The number of aliphatic hydroxyl groups is 1. The maximum Gasteiger partial charge on any atom is 0.0681 e. The van der Waals surface area contributed by atoms with Crippen molar-refractivity contribution in [3.8, 4) is 0 Å². The third-order valence-electron chi connectivity index (χ3n) is 4.20. The standard InChI is InChI=1S/C18H22N2O/c21-14-17-4-1-3-15(10-17)9-16-6-8-20(12-16)13-18-5-2-7-19-11-18/h1-5,7,10-11,16,21H,6,8-9,12-14H2. The lowest BCUT2D eigenvalue weighted by Gasteiger charge is -2.16. The summed E-state index contributed by atoms with van der Waals surface area (Å²) in [5, 5.41) is 9.21. The molecule has 0 saturated carbocycles. The predicted molar refractivity (Wildman–Crippen MR) is 83.7 cm³/mol. The van der Waals surface area contributed by atoms with Crippen molar-refractivity contribution in [2.75, 3.05) is 13.1 Å². The quantitative estimate of drug-likeness (QED) is 0.916. The molecule has 1 saturated heterocycles. The van der Waals surface area contributed by atoms with Crippen molar-refractivity contribution in [1.29, 1.82) is 0 Å². The molecule has 0 aliphatic carbocycles. The number of nitrogens with zero attached hydrogens (tertiary/aromatic N) is 2. The fraction of sp³-hybridized carbons (Fsp3) is 0.389. The molecule has 1 aromatic carbocycles. The molecule has 2 aromatic rings. The van der Waals surface area contributed by atoms with Crippen molar-refractivity contribution in [2.24, 2.45) is 5.92 Å². The van der Waals surface area contributed by atoms with Crippen molar-refractivity contribution in [3.05, 3.63) is 65.5 Å². The molecule has 2 heterocycles. The summed E-state index contributed by atoms with van der Waals surface area (Å²) in [6.07, 6.45) is 6.14. The van der Waals surface area contributed by atoms with Gasteiger partial charge >= 0.3 is 0 Å². The monoisotopic (exact) mass is 282 g/mol. The SMILES string of the molecule is OCc1cccc(CC2CCN(Cc3cccnc3)C2)c1. The summed E-state index contributed by atoms with van der Waals surface area (Å²) in [7, 11) is 0. The van der Waals surface area contributed by atoms with Gasteiger partial charge < -0.3 is 5.11 Å². The minimum atomic E-state index is 0.131. The molecule has 0 radical (unpaired) electrons. The summed E-state index contributed by atoms with van der Waals surface area (Å²) in [6, 6.07) is 12.5. The maximum absolute atomic E-state index is 9.21. The zero-order valence-electron chi connectivity index (χ0n) is 12.3. The first-order valence-electron chi connectivity index (χ1n) is 7.63. The van der Waals surface area contributed by atoms with Gasteiger partial charge in [-0.25, -0.2) is 0 Å². The highest BCUT2D eigenvalue weighted by Gasteiger charge is 2.22. The molecule has 1 N–H and O–H groups in total. The van der Waals surface area contributed by atoms with E-state index in [-0.39, 0.29) is 6.61 Å². The van der Waals surface area contributed by atoms with E-state index in [1.807, 2.05) is 30.6 Å². The lowest BCUT2D eigenvalue weighted by Crippen LogP contribution is -2.20. The van der Waals surface area contributed by atoms with Crippen molar-refractivity contribution >= 4 is 0 Å². The first-order valence-corrected chi connectivity index (χ1v) is 7.63. The van der Waals surface area contributed by atoms with Gasteiger partial charge in [0.05, 0.1) is 6.61 Å². The van der Waals surface area contributed by atoms with Gasteiger partial charge in [-0.3, -0.25) is 9.88 Å². The van der Waals surface area contributed by atoms with Gasteiger partial charge in [0, 0.05) is 25.5 Å². The Morgan fingerprint density at radius 2 is 2.00 bits per heavy atom. The van der Waals surface area contributed by atoms with Gasteiger partial charge in [-0.1, -0.05) is 30.3 Å². The summed E-state index contributed by atoms with van der Waals surface area (Å²) >= 11 is 0. The summed E-state index contributed by atoms with van der Waals surface area (Å²) in [5.41, 5.74) is 3.65. The minimum absolute atomic E-state index is 0.131. The molecule has 1 aliphatic heterocycles. The molecule has 0 spiro atoms. The molecule has 21 heavy (non-hydrogen) atoms. The van der Waals surface area contributed by atoms with E-state index in [0.29, 0.717) is 0 Å². The van der Waals surface area contributed by atoms with E-state index in [4.69, 9.17) is 0 Å². The Morgan fingerprint density at radius 3 is 2.81 bits per heavy atom. The first-order chi connectivity index (χ1) is 10.3. The van der Waals surface area contributed by atoms with E-state index in [9.17, 15) is 5.11 Å². The van der Waals surface area contributed by atoms with Crippen molar-refractivity contribution in [3.63, 3.8) is 0 Å². The van der Waals surface area contributed by atoms with Crippen LogP contribution >= 0.6 is 0 Å². The van der Waals surface area contributed by atoms with E-state index in [2.05, 4.69) is 28.1 Å². The van der Waals surface area contributed by atoms with Gasteiger partial charge in [-0.2, -0.15) is 0 Å². The molecule has 0 bridgehead atoms. The number of hydrogen-bond donors (Lipinski definition) is 1. The molecular formula is C18H22N2O. The van der Waals surface area contributed by atoms with Crippen molar-refractivity contribution < 1.29 is 5.11 Å². The molecule has 0 amide bonds. The van der Waals surface area contributed by atoms with Crippen LogP contribution in [0.25, 0.3) is 0 Å². The third kappa shape index (κ3) is 3.90. The molecular weight excluding hydrogens is 260 g/mol. The highest BCUT2D eigenvalue weighted by atomic mass is 16.3. The molecule has 1 unspecified atom stereocenters. The van der Waals surface area contributed by atoms with E-state index >= 15 is 0 Å². The van der Waals surface area contributed by atoms with Gasteiger partial charge in [0.15, 0.2) is 0 Å². The highest BCUT2D eigenvalue weighted by molar-refractivity contribution is 5.23. The van der Waals surface area contributed by atoms with Gasteiger partial charge in [-0.15, -0.1) is 0 Å². The van der Waals surface area contributed by atoms with E-state index < -0.39 is 0 Å². The van der Waals surface area contributed by atoms with Crippen LogP contribution in [0.4, 0.5) is 0 Å². The Labute approximate surface area is 126 Å². The second kappa shape index (κ2) is 6.83. The van der Waals surface area contributed by atoms with Gasteiger partial charge in [0.2, 0.25) is 0 Å². The fourth-order valence-electron chi connectivity index (χ4n) is 3.16.